The van der Waals surface area contributed by atoms with Crippen LogP contribution in [-0.4, -0.2) is 50.6 Å². The summed E-state index contributed by atoms with van der Waals surface area (Å²) in [4.78, 5) is 21.5. The van der Waals surface area contributed by atoms with Crippen molar-refractivity contribution in [2.75, 3.05) is 25.5 Å². The molecule has 11 heteroatoms. The fourth-order valence-corrected chi connectivity index (χ4v) is 2.76. The van der Waals surface area contributed by atoms with Gasteiger partial charge in [-0.1, -0.05) is 17.7 Å². The van der Waals surface area contributed by atoms with E-state index in [4.69, 9.17) is 4.74 Å². The number of carbonyl (C=O) groups excluding carboxylic acids is 1. The first-order valence-corrected chi connectivity index (χ1v) is 9.17. The summed E-state index contributed by atoms with van der Waals surface area (Å²) < 4.78 is 45.1. The number of nitrogens with zero attached hydrogens (tertiary/aromatic N) is 5. The van der Waals surface area contributed by atoms with Crippen LogP contribution in [0.1, 0.15) is 24.0 Å². The number of alkyl halides is 3. The Morgan fingerprint density at radius 3 is 2.57 bits per heavy atom. The number of carbonyl (C=O) groups is 1. The molecule has 8 nitrogen and oxygen atoms in total. The minimum Gasteiger partial charge on any atom is -0.478 e. The second-order valence-electron chi connectivity index (χ2n) is 6.75. The smallest absolute Gasteiger partial charge is 0.453 e. The maximum absolute atomic E-state index is 12.9. The van der Waals surface area contributed by atoms with Crippen LogP contribution in [0.3, 0.4) is 0 Å². The first-order valence-electron chi connectivity index (χ1n) is 9.17. The predicted molar refractivity (Wildman–Crippen MR) is 103 cm³/mol. The molecule has 160 valence electrons. The van der Waals surface area contributed by atoms with Crippen LogP contribution in [0.15, 0.2) is 30.3 Å². The molecule has 0 bridgehead atoms. The molecule has 0 saturated carbocycles. The van der Waals surface area contributed by atoms with Crippen LogP contribution < -0.4 is 10.1 Å². The molecule has 1 N–H and O–H groups in total. The van der Waals surface area contributed by atoms with Gasteiger partial charge in [-0.05, 0) is 33.0 Å². The van der Waals surface area contributed by atoms with Crippen molar-refractivity contribution < 1.29 is 22.7 Å². The van der Waals surface area contributed by atoms with Gasteiger partial charge in [0, 0.05) is 18.3 Å². The lowest BCUT2D eigenvalue weighted by molar-refractivity contribution is -0.144. The van der Waals surface area contributed by atoms with E-state index < -0.39 is 12.0 Å². The molecule has 30 heavy (non-hydrogen) atoms. The number of amides is 1. The van der Waals surface area contributed by atoms with Gasteiger partial charge in [-0.15, -0.1) is 5.10 Å². The van der Waals surface area contributed by atoms with Gasteiger partial charge in [0.2, 0.25) is 11.8 Å². The van der Waals surface area contributed by atoms with Crippen molar-refractivity contribution in [1.29, 1.82) is 0 Å². The number of nitrogens with one attached hydrogen (secondary N) is 1. The number of benzene rings is 1. The van der Waals surface area contributed by atoms with E-state index in [1.165, 1.54) is 6.07 Å². The number of hydrogen-bond donors (Lipinski definition) is 1. The van der Waals surface area contributed by atoms with Crippen molar-refractivity contribution in [3.63, 3.8) is 0 Å². The van der Waals surface area contributed by atoms with E-state index in [-0.39, 0.29) is 37.3 Å². The third-order valence-corrected chi connectivity index (χ3v) is 4.06. The van der Waals surface area contributed by atoms with Crippen LogP contribution in [-0.2, 0) is 17.5 Å². The van der Waals surface area contributed by atoms with E-state index in [1.807, 2.05) is 19.1 Å². The Labute approximate surface area is 170 Å². The van der Waals surface area contributed by atoms with Gasteiger partial charge in [-0.2, -0.15) is 22.7 Å². The van der Waals surface area contributed by atoms with Gasteiger partial charge in [-0.25, -0.2) is 4.98 Å². The number of ether oxygens (including phenoxy) is 1. The maximum atomic E-state index is 12.9. The third-order valence-electron chi connectivity index (χ3n) is 4.06. The largest absolute Gasteiger partial charge is 0.478 e. The molecular weight excluding hydrogens is 401 g/mol. The molecule has 0 radical (unpaired) electrons. The van der Waals surface area contributed by atoms with Gasteiger partial charge < -0.3 is 10.1 Å². The van der Waals surface area contributed by atoms with Crippen molar-refractivity contribution in [2.24, 2.45) is 0 Å². The molecule has 0 saturated heterocycles. The second-order valence-corrected chi connectivity index (χ2v) is 6.75. The second kappa shape index (κ2) is 8.66. The Morgan fingerprint density at radius 1 is 1.23 bits per heavy atom. The SMILES string of the molecule is CCOc1cc(CN(C)CC(=O)Nc2ccc(C)cc2)nc2nc(C(F)(F)F)nn12. The summed E-state index contributed by atoms with van der Waals surface area (Å²) in [5.74, 6) is -1.65. The Morgan fingerprint density at radius 2 is 1.93 bits per heavy atom. The van der Waals surface area contributed by atoms with Gasteiger partial charge >= 0.3 is 6.18 Å². The van der Waals surface area contributed by atoms with Crippen LogP contribution in [0.4, 0.5) is 18.9 Å². The van der Waals surface area contributed by atoms with Crippen molar-refractivity contribution in [1.82, 2.24) is 24.5 Å². The monoisotopic (exact) mass is 422 g/mol. The van der Waals surface area contributed by atoms with Crippen molar-refractivity contribution in [3.05, 3.63) is 47.4 Å². The Kier molecular flexibility index (Phi) is 6.20. The van der Waals surface area contributed by atoms with E-state index in [9.17, 15) is 18.0 Å². The van der Waals surface area contributed by atoms with Gasteiger partial charge in [-0.3, -0.25) is 9.69 Å². The number of hydrogen-bond acceptors (Lipinski definition) is 6. The molecule has 0 aliphatic heterocycles. The number of aromatic nitrogens is 4. The van der Waals surface area contributed by atoms with Crippen LogP contribution in [0.25, 0.3) is 5.78 Å². The molecule has 2 heterocycles. The molecule has 0 aliphatic carbocycles. The molecule has 1 aromatic carbocycles. The average Bonchev–Trinajstić information content (AvgIpc) is 3.08. The van der Waals surface area contributed by atoms with Gasteiger partial charge in [0.25, 0.3) is 11.6 Å². The lowest BCUT2D eigenvalue weighted by Gasteiger charge is -2.16. The zero-order valence-corrected chi connectivity index (χ0v) is 16.7. The quantitative estimate of drug-likeness (QED) is 0.630. The summed E-state index contributed by atoms with van der Waals surface area (Å²) in [6.07, 6.45) is -4.69. The Hall–Kier alpha value is -3.21. The van der Waals surface area contributed by atoms with Crippen molar-refractivity contribution in [3.8, 4) is 5.88 Å². The standard InChI is InChI=1S/C19H21F3N6O2/c1-4-30-16-9-14(24-18-25-17(19(20,21)22)26-28(16)18)10-27(3)11-15(29)23-13-7-5-12(2)6-8-13/h5-9H,4,10-11H2,1-3H3,(H,23,29). The van der Waals surface area contributed by atoms with E-state index in [0.29, 0.717) is 11.4 Å². The fourth-order valence-electron chi connectivity index (χ4n) is 2.76. The zero-order valence-electron chi connectivity index (χ0n) is 16.7. The maximum Gasteiger partial charge on any atom is 0.453 e. The number of rotatable bonds is 7. The molecule has 0 atom stereocenters. The summed E-state index contributed by atoms with van der Waals surface area (Å²) in [5.41, 5.74) is 2.16. The zero-order chi connectivity index (χ0) is 21.9. The van der Waals surface area contributed by atoms with Crippen LogP contribution in [0.5, 0.6) is 5.88 Å². The highest BCUT2D eigenvalue weighted by Crippen LogP contribution is 2.27. The molecule has 1 amide bonds. The fraction of sp³-hybridized carbons (Fsp3) is 0.368. The van der Waals surface area contributed by atoms with Crippen LogP contribution in [0.2, 0.25) is 0 Å². The van der Waals surface area contributed by atoms with Crippen molar-refractivity contribution >= 4 is 17.4 Å². The molecule has 0 unspecified atom stereocenters. The summed E-state index contributed by atoms with van der Waals surface area (Å²) in [5, 5.41) is 6.23. The molecule has 0 aliphatic rings. The third kappa shape index (κ3) is 5.23. The molecular formula is C19H21F3N6O2. The minimum atomic E-state index is -4.69. The van der Waals surface area contributed by atoms with Crippen LogP contribution in [0, 0.1) is 6.92 Å². The van der Waals surface area contributed by atoms with E-state index in [1.54, 1.807) is 31.0 Å². The predicted octanol–water partition coefficient (Wildman–Crippen LogP) is 2.92. The number of likely N-dealkylation sites (N-methyl/N-ethyl adjacent to an activating group) is 1. The van der Waals surface area contributed by atoms with Crippen LogP contribution >= 0.6 is 0 Å². The highest BCUT2D eigenvalue weighted by molar-refractivity contribution is 5.92. The molecule has 0 spiro atoms. The van der Waals surface area contributed by atoms with E-state index >= 15 is 0 Å². The van der Waals surface area contributed by atoms with Crippen molar-refractivity contribution in [2.45, 2.75) is 26.6 Å². The molecule has 3 aromatic rings. The number of fused-ring (bicyclic) bond motifs is 1. The summed E-state index contributed by atoms with van der Waals surface area (Å²) in [6, 6.07) is 8.88. The number of aryl methyl sites for hydroxylation is 1. The molecule has 0 fully saturated rings. The minimum absolute atomic E-state index is 0.0607. The highest BCUT2D eigenvalue weighted by Gasteiger charge is 2.37. The summed E-state index contributed by atoms with van der Waals surface area (Å²) in [7, 11) is 1.70. The first kappa shape index (κ1) is 21.5. The van der Waals surface area contributed by atoms with Gasteiger partial charge in [0.1, 0.15) is 0 Å². The Balaban J connectivity index is 1.73. The summed E-state index contributed by atoms with van der Waals surface area (Å²) >= 11 is 0. The van der Waals surface area contributed by atoms with E-state index in [2.05, 4.69) is 20.4 Å². The lowest BCUT2D eigenvalue weighted by Crippen LogP contribution is -2.30. The Bertz CT molecular complexity index is 1030. The number of halogens is 3. The normalized spacial score (nSPS) is 11.8. The lowest BCUT2D eigenvalue weighted by atomic mass is 10.2. The molecule has 2 aromatic heterocycles. The van der Waals surface area contributed by atoms with Gasteiger partial charge in [0.15, 0.2) is 0 Å². The average molecular weight is 422 g/mol. The van der Waals surface area contributed by atoms with Gasteiger partial charge in [0.05, 0.1) is 18.8 Å². The highest BCUT2D eigenvalue weighted by atomic mass is 19.4. The van der Waals surface area contributed by atoms with E-state index in [0.717, 1.165) is 10.1 Å². The first-order chi connectivity index (χ1) is 14.2. The summed E-state index contributed by atoms with van der Waals surface area (Å²) in [6.45, 7) is 4.15. The topological polar surface area (TPSA) is 84.6 Å². The molecule has 3 rings (SSSR count). The number of anilines is 1.